The van der Waals surface area contributed by atoms with Crippen molar-refractivity contribution in [3.8, 4) is 6.07 Å². The van der Waals surface area contributed by atoms with E-state index >= 15 is 0 Å². The van der Waals surface area contributed by atoms with Gasteiger partial charge in [0.15, 0.2) is 6.29 Å². The monoisotopic (exact) mass is 199 g/mol. The number of fused-ring (bicyclic) bond motifs is 1. The van der Waals surface area contributed by atoms with Crippen molar-refractivity contribution < 1.29 is 10.2 Å². The van der Waals surface area contributed by atoms with E-state index in [0.29, 0.717) is 11.1 Å². The molecule has 2 rings (SSSR count). The van der Waals surface area contributed by atoms with Crippen molar-refractivity contribution in [3.63, 3.8) is 0 Å². The second-order valence-corrected chi connectivity index (χ2v) is 3.31. The lowest BCUT2D eigenvalue weighted by Gasteiger charge is -2.05. The van der Waals surface area contributed by atoms with E-state index in [9.17, 15) is 0 Å². The Bertz CT molecular complexity index is 541. The Balaban J connectivity index is 2.61. The molecule has 0 saturated heterocycles. The molecule has 3 nitrogen and oxygen atoms in total. The molecule has 0 bridgehead atoms. The van der Waals surface area contributed by atoms with Crippen LogP contribution in [0.2, 0.25) is 0 Å². The highest BCUT2D eigenvalue weighted by Gasteiger charge is 2.03. The lowest BCUT2D eigenvalue weighted by atomic mass is 10.0. The van der Waals surface area contributed by atoms with Crippen LogP contribution in [0.15, 0.2) is 36.4 Å². The molecule has 0 aromatic heterocycles. The molecule has 0 fully saturated rings. The normalized spacial score (nSPS) is 10.5. The molecule has 0 radical (unpaired) electrons. The maximum Gasteiger partial charge on any atom is 0.178 e. The van der Waals surface area contributed by atoms with Crippen molar-refractivity contribution in [2.45, 2.75) is 6.29 Å². The molecule has 2 N–H and O–H groups in total. The van der Waals surface area contributed by atoms with Crippen LogP contribution in [0.3, 0.4) is 0 Å². The van der Waals surface area contributed by atoms with Crippen LogP contribution in [0.5, 0.6) is 0 Å². The van der Waals surface area contributed by atoms with Crippen molar-refractivity contribution in [3.05, 3.63) is 47.5 Å². The summed E-state index contributed by atoms with van der Waals surface area (Å²) in [6, 6.07) is 12.4. The Hall–Kier alpha value is -1.89. The summed E-state index contributed by atoms with van der Waals surface area (Å²) in [6.45, 7) is 0. The maximum absolute atomic E-state index is 8.99. The second-order valence-electron chi connectivity index (χ2n) is 3.31. The van der Waals surface area contributed by atoms with Gasteiger partial charge in [0, 0.05) is 5.56 Å². The van der Waals surface area contributed by atoms with E-state index in [1.54, 1.807) is 36.4 Å². The average molecular weight is 199 g/mol. The van der Waals surface area contributed by atoms with Gasteiger partial charge in [-0.15, -0.1) is 0 Å². The Kier molecular flexibility index (Phi) is 2.38. The first-order valence-corrected chi connectivity index (χ1v) is 4.50. The Morgan fingerprint density at radius 1 is 1.00 bits per heavy atom. The number of hydrogen-bond acceptors (Lipinski definition) is 3. The van der Waals surface area contributed by atoms with Gasteiger partial charge in [-0.2, -0.15) is 5.26 Å². The lowest BCUT2D eigenvalue weighted by Crippen LogP contribution is -1.93. The predicted molar refractivity (Wildman–Crippen MR) is 55.8 cm³/mol. The molecular formula is C12H9NO2. The first kappa shape index (κ1) is 9.66. The number of aliphatic hydroxyl groups excluding tert-OH is 1. The molecule has 0 aliphatic rings. The van der Waals surface area contributed by atoms with Crippen molar-refractivity contribution in [2.75, 3.05) is 0 Å². The third-order valence-electron chi connectivity index (χ3n) is 2.29. The molecule has 2 aromatic carbocycles. The van der Waals surface area contributed by atoms with Crippen LogP contribution in [-0.2, 0) is 0 Å². The van der Waals surface area contributed by atoms with Crippen LogP contribution >= 0.6 is 0 Å². The Morgan fingerprint density at radius 2 is 1.67 bits per heavy atom. The van der Waals surface area contributed by atoms with E-state index < -0.39 is 6.29 Å². The first-order chi connectivity index (χ1) is 7.20. The van der Waals surface area contributed by atoms with Crippen LogP contribution in [0.1, 0.15) is 17.4 Å². The first-order valence-electron chi connectivity index (χ1n) is 4.50. The number of hydrogen-bond donors (Lipinski definition) is 2. The molecule has 0 atom stereocenters. The minimum absolute atomic E-state index is 0.451. The minimum Gasteiger partial charge on any atom is -0.364 e. The van der Waals surface area contributed by atoms with E-state index in [-0.39, 0.29) is 0 Å². The summed E-state index contributed by atoms with van der Waals surface area (Å²) >= 11 is 0. The molecule has 74 valence electrons. The van der Waals surface area contributed by atoms with Crippen LogP contribution in [0, 0.1) is 11.3 Å². The molecule has 0 aliphatic carbocycles. The van der Waals surface area contributed by atoms with Gasteiger partial charge in [-0.3, -0.25) is 0 Å². The fourth-order valence-electron chi connectivity index (χ4n) is 1.49. The number of rotatable bonds is 1. The summed E-state index contributed by atoms with van der Waals surface area (Å²) in [7, 11) is 0. The van der Waals surface area contributed by atoms with Gasteiger partial charge in [-0.05, 0) is 29.0 Å². The number of benzene rings is 2. The molecule has 0 unspecified atom stereocenters. The summed E-state index contributed by atoms with van der Waals surface area (Å²) in [5.41, 5.74) is 1.05. The lowest BCUT2D eigenvalue weighted by molar-refractivity contribution is -0.0423. The average Bonchev–Trinajstić information content (AvgIpc) is 2.27. The molecule has 15 heavy (non-hydrogen) atoms. The van der Waals surface area contributed by atoms with Gasteiger partial charge in [0.2, 0.25) is 0 Å². The Labute approximate surface area is 86.8 Å². The third-order valence-corrected chi connectivity index (χ3v) is 2.29. The largest absolute Gasteiger partial charge is 0.364 e. The minimum atomic E-state index is -1.45. The standard InChI is InChI=1S/C12H9NO2/c13-7-8-1-2-10-6-11(12(14)15)4-3-9(10)5-8/h1-6,12,14-15H. The van der Waals surface area contributed by atoms with Crippen LogP contribution in [0.4, 0.5) is 0 Å². The van der Waals surface area contributed by atoms with E-state index in [1.807, 2.05) is 0 Å². The van der Waals surface area contributed by atoms with E-state index in [0.717, 1.165) is 10.8 Å². The fraction of sp³-hybridized carbons (Fsp3) is 0.0833. The Morgan fingerprint density at radius 3 is 2.33 bits per heavy atom. The van der Waals surface area contributed by atoms with Gasteiger partial charge in [0.05, 0.1) is 11.6 Å². The van der Waals surface area contributed by atoms with Crippen LogP contribution in [0.25, 0.3) is 10.8 Å². The highest BCUT2D eigenvalue weighted by molar-refractivity contribution is 5.84. The fourth-order valence-corrected chi connectivity index (χ4v) is 1.49. The van der Waals surface area contributed by atoms with Crippen molar-refractivity contribution >= 4 is 10.8 Å². The second kappa shape index (κ2) is 3.70. The summed E-state index contributed by atoms with van der Waals surface area (Å²) in [6.07, 6.45) is -1.45. The molecule has 0 saturated carbocycles. The summed E-state index contributed by atoms with van der Waals surface area (Å²) in [4.78, 5) is 0. The summed E-state index contributed by atoms with van der Waals surface area (Å²) < 4.78 is 0. The topological polar surface area (TPSA) is 64.2 Å². The van der Waals surface area contributed by atoms with Gasteiger partial charge >= 0.3 is 0 Å². The van der Waals surface area contributed by atoms with Crippen molar-refractivity contribution in [1.82, 2.24) is 0 Å². The van der Waals surface area contributed by atoms with Gasteiger partial charge < -0.3 is 10.2 Å². The summed E-state index contributed by atoms with van der Waals surface area (Å²) in [5, 5.41) is 28.5. The molecule has 3 heteroatoms. The molecule has 0 aliphatic heterocycles. The maximum atomic E-state index is 8.99. The van der Waals surface area contributed by atoms with Gasteiger partial charge in [-0.1, -0.05) is 18.2 Å². The highest BCUT2D eigenvalue weighted by atomic mass is 16.5. The molecule has 0 heterocycles. The van der Waals surface area contributed by atoms with Crippen LogP contribution in [-0.4, -0.2) is 10.2 Å². The summed E-state index contributed by atoms with van der Waals surface area (Å²) in [5.74, 6) is 0. The van der Waals surface area contributed by atoms with Crippen molar-refractivity contribution in [1.29, 1.82) is 5.26 Å². The molecular weight excluding hydrogens is 190 g/mol. The number of aliphatic hydroxyl groups is 2. The van der Waals surface area contributed by atoms with Crippen LogP contribution < -0.4 is 0 Å². The zero-order valence-corrected chi connectivity index (χ0v) is 7.88. The van der Waals surface area contributed by atoms with E-state index in [2.05, 4.69) is 6.07 Å². The zero-order chi connectivity index (χ0) is 10.8. The SMILES string of the molecule is N#Cc1ccc2cc(C(O)O)ccc2c1. The highest BCUT2D eigenvalue weighted by Crippen LogP contribution is 2.20. The van der Waals surface area contributed by atoms with Gasteiger partial charge in [0.1, 0.15) is 0 Å². The van der Waals surface area contributed by atoms with Gasteiger partial charge in [0.25, 0.3) is 0 Å². The number of nitrogens with zero attached hydrogens (tertiary/aromatic N) is 1. The smallest absolute Gasteiger partial charge is 0.178 e. The third kappa shape index (κ3) is 1.82. The van der Waals surface area contributed by atoms with Crippen molar-refractivity contribution in [2.24, 2.45) is 0 Å². The molecule has 0 amide bonds. The quantitative estimate of drug-likeness (QED) is 0.687. The van der Waals surface area contributed by atoms with E-state index in [4.69, 9.17) is 15.5 Å². The molecule has 2 aromatic rings. The zero-order valence-electron chi connectivity index (χ0n) is 7.88. The van der Waals surface area contributed by atoms with Gasteiger partial charge in [-0.25, -0.2) is 0 Å². The van der Waals surface area contributed by atoms with E-state index in [1.165, 1.54) is 0 Å². The number of nitriles is 1. The molecule has 0 spiro atoms. The predicted octanol–water partition coefficient (Wildman–Crippen LogP) is 1.69.